The molecule has 0 aromatic heterocycles. The zero-order chi connectivity index (χ0) is 23.5. The molecule has 3 aromatic rings. The first-order valence-electron chi connectivity index (χ1n) is 10.7. The molecule has 2 N–H and O–H groups in total. The van der Waals surface area contributed by atoms with Crippen LogP contribution in [0.15, 0.2) is 84.9 Å². The second kappa shape index (κ2) is 12.3. The summed E-state index contributed by atoms with van der Waals surface area (Å²) in [7, 11) is 1.59. The fraction of sp³-hybridized carbons (Fsp3) is 0.231. The summed E-state index contributed by atoms with van der Waals surface area (Å²) in [5, 5.41) is 11.9. The lowest BCUT2D eigenvalue weighted by Crippen LogP contribution is -2.45. The maximum atomic E-state index is 13.4. The van der Waals surface area contributed by atoms with Crippen molar-refractivity contribution in [3.8, 4) is 11.5 Å². The van der Waals surface area contributed by atoms with Crippen molar-refractivity contribution in [1.29, 1.82) is 0 Å². The number of para-hydroxylation sites is 1. The molecule has 0 aliphatic carbocycles. The molecule has 0 aliphatic rings. The minimum absolute atomic E-state index is 0.0905. The number of carbonyl (C=O) groups excluding carboxylic acids is 2. The Morgan fingerprint density at radius 3 is 2.15 bits per heavy atom. The highest BCUT2D eigenvalue weighted by Crippen LogP contribution is 2.25. The highest BCUT2D eigenvalue weighted by Gasteiger charge is 2.31. The fourth-order valence-electron chi connectivity index (χ4n) is 3.38. The van der Waals surface area contributed by atoms with Gasteiger partial charge in [0.1, 0.15) is 17.5 Å². The molecule has 0 unspecified atom stereocenters. The lowest BCUT2D eigenvalue weighted by Gasteiger charge is -2.31. The first kappa shape index (κ1) is 23.8. The Morgan fingerprint density at radius 1 is 0.909 bits per heavy atom. The number of aliphatic hydroxyl groups excluding tert-OH is 1. The number of hydrogen-bond acceptors (Lipinski definition) is 5. The Morgan fingerprint density at radius 2 is 1.55 bits per heavy atom. The maximum absolute atomic E-state index is 13.4. The third kappa shape index (κ3) is 6.82. The first-order chi connectivity index (χ1) is 16.1. The van der Waals surface area contributed by atoms with Gasteiger partial charge in [0.2, 0.25) is 5.91 Å². The molecule has 0 bridgehead atoms. The number of amides is 2. The SMILES string of the molecule is COc1ccc(CN(C(=O)COc2ccccc2)[C@H](C(=O)NCCO)c2ccccc2)cc1. The van der Waals surface area contributed by atoms with Crippen LogP contribution in [0.5, 0.6) is 11.5 Å². The van der Waals surface area contributed by atoms with Crippen molar-refractivity contribution in [1.82, 2.24) is 10.2 Å². The second-order valence-corrected chi connectivity index (χ2v) is 7.30. The van der Waals surface area contributed by atoms with Gasteiger partial charge in [-0.2, -0.15) is 0 Å². The third-order valence-electron chi connectivity index (χ3n) is 5.02. The highest BCUT2D eigenvalue weighted by molar-refractivity contribution is 5.89. The number of rotatable bonds is 11. The van der Waals surface area contributed by atoms with Crippen LogP contribution in [-0.2, 0) is 16.1 Å². The van der Waals surface area contributed by atoms with Gasteiger partial charge in [0.05, 0.1) is 13.7 Å². The smallest absolute Gasteiger partial charge is 0.261 e. The van der Waals surface area contributed by atoms with Crippen molar-refractivity contribution in [2.75, 3.05) is 26.9 Å². The lowest BCUT2D eigenvalue weighted by atomic mass is 10.0. The molecule has 0 spiro atoms. The summed E-state index contributed by atoms with van der Waals surface area (Å²) < 4.78 is 10.9. The maximum Gasteiger partial charge on any atom is 0.261 e. The summed E-state index contributed by atoms with van der Waals surface area (Å²) >= 11 is 0. The van der Waals surface area contributed by atoms with Crippen molar-refractivity contribution in [2.24, 2.45) is 0 Å². The van der Waals surface area contributed by atoms with Crippen molar-refractivity contribution < 1.29 is 24.2 Å². The Hall–Kier alpha value is -3.84. The standard InChI is InChI=1S/C26H28N2O5/c1-32-22-14-12-20(13-15-22)18-28(24(30)19-33-23-10-6-3-7-11-23)25(26(31)27-16-17-29)21-8-4-2-5-9-21/h2-15,25,29H,16-19H2,1H3,(H,27,31)/t25-/m0/s1. The average molecular weight is 449 g/mol. The Labute approximate surface area is 193 Å². The van der Waals surface area contributed by atoms with Crippen LogP contribution in [0.2, 0.25) is 0 Å². The predicted octanol–water partition coefficient (Wildman–Crippen LogP) is 2.95. The van der Waals surface area contributed by atoms with Gasteiger partial charge in [0.25, 0.3) is 5.91 Å². The molecular formula is C26H28N2O5. The fourth-order valence-corrected chi connectivity index (χ4v) is 3.38. The number of hydrogen-bond donors (Lipinski definition) is 2. The predicted molar refractivity (Wildman–Crippen MR) is 125 cm³/mol. The van der Waals surface area contributed by atoms with Crippen molar-refractivity contribution >= 4 is 11.8 Å². The van der Waals surface area contributed by atoms with E-state index in [0.29, 0.717) is 17.1 Å². The highest BCUT2D eigenvalue weighted by atomic mass is 16.5. The van der Waals surface area contributed by atoms with E-state index >= 15 is 0 Å². The monoisotopic (exact) mass is 448 g/mol. The Kier molecular flexibility index (Phi) is 8.85. The number of methoxy groups -OCH3 is 1. The number of nitrogens with zero attached hydrogens (tertiary/aromatic N) is 1. The molecule has 0 saturated carbocycles. The molecule has 0 aliphatic heterocycles. The van der Waals surface area contributed by atoms with E-state index in [-0.39, 0.29) is 38.1 Å². The largest absolute Gasteiger partial charge is 0.497 e. The van der Waals surface area contributed by atoms with Crippen molar-refractivity contribution in [3.63, 3.8) is 0 Å². The normalized spacial score (nSPS) is 11.3. The van der Waals surface area contributed by atoms with Crippen molar-refractivity contribution in [2.45, 2.75) is 12.6 Å². The van der Waals surface area contributed by atoms with Gasteiger partial charge in [-0.15, -0.1) is 0 Å². The topological polar surface area (TPSA) is 88.1 Å². The zero-order valence-corrected chi connectivity index (χ0v) is 18.5. The number of ether oxygens (including phenoxy) is 2. The summed E-state index contributed by atoms with van der Waals surface area (Å²) in [5.74, 6) is 0.542. The molecule has 7 heteroatoms. The molecule has 7 nitrogen and oxygen atoms in total. The molecule has 1 atom stereocenters. The van der Waals surface area contributed by atoms with Gasteiger partial charge in [-0.1, -0.05) is 60.7 Å². The van der Waals surface area contributed by atoms with Gasteiger partial charge in [-0.25, -0.2) is 0 Å². The molecule has 0 saturated heterocycles. The van der Waals surface area contributed by atoms with Gasteiger partial charge in [-0.3, -0.25) is 9.59 Å². The number of carbonyl (C=O) groups is 2. The van der Waals surface area contributed by atoms with Crippen LogP contribution in [0.3, 0.4) is 0 Å². The van der Waals surface area contributed by atoms with E-state index < -0.39 is 6.04 Å². The van der Waals surface area contributed by atoms with Gasteiger partial charge >= 0.3 is 0 Å². The van der Waals surface area contributed by atoms with E-state index in [0.717, 1.165) is 5.56 Å². The molecular weight excluding hydrogens is 420 g/mol. The van der Waals surface area contributed by atoms with E-state index in [1.165, 1.54) is 4.90 Å². The number of nitrogens with one attached hydrogen (secondary N) is 1. The lowest BCUT2D eigenvalue weighted by molar-refractivity contribution is -0.143. The quantitative estimate of drug-likeness (QED) is 0.471. The molecule has 2 amide bonds. The molecule has 33 heavy (non-hydrogen) atoms. The van der Waals surface area contributed by atoms with Crippen LogP contribution in [0.4, 0.5) is 0 Å². The van der Waals surface area contributed by atoms with Crippen LogP contribution in [0.25, 0.3) is 0 Å². The van der Waals surface area contributed by atoms with E-state index in [2.05, 4.69) is 5.32 Å². The van der Waals surface area contributed by atoms with Crippen LogP contribution >= 0.6 is 0 Å². The third-order valence-corrected chi connectivity index (χ3v) is 5.02. The van der Waals surface area contributed by atoms with Crippen LogP contribution in [0, 0.1) is 0 Å². The van der Waals surface area contributed by atoms with Crippen LogP contribution < -0.4 is 14.8 Å². The molecule has 172 valence electrons. The summed E-state index contributed by atoms with van der Waals surface area (Å²) in [6.07, 6.45) is 0. The number of benzene rings is 3. The molecule has 0 fully saturated rings. The Bertz CT molecular complexity index is 1010. The van der Waals surface area contributed by atoms with Gasteiger partial charge in [0.15, 0.2) is 6.61 Å². The molecule has 3 aromatic carbocycles. The number of aliphatic hydroxyl groups is 1. The van der Waals surface area contributed by atoms with E-state index in [9.17, 15) is 14.7 Å². The van der Waals surface area contributed by atoms with Gasteiger partial charge in [-0.05, 0) is 35.4 Å². The minimum Gasteiger partial charge on any atom is -0.497 e. The van der Waals surface area contributed by atoms with E-state index in [4.69, 9.17) is 9.47 Å². The summed E-state index contributed by atoms with van der Waals surface area (Å²) in [4.78, 5) is 28.0. The summed E-state index contributed by atoms with van der Waals surface area (Å²) in [6.45, 7) is -0.145. The zero-order valence-electron chi connectivity index (χ0n) is 18.5. The van der Waals surface area contributed by atoms with Gasteiger partial charge in [0, 0.05) is 13.1 Å². The second-order valence-electron chi connectivity index (χ2n) is 7.30. The van der Waals surface area contributed by atoms with Crippen LogP contribution in [-0.4, -0.2) is 48.7 Å². The minimum atomic E-state index is -0.897. The molecule has 0 radical (unpaired) electrons. The van der Waals surface area contributed by atoms with E-state index in [1.54, 1.807) is 31.4 Å². The summed E-state index contributed by atoms with van der Waals surface area (Å²) in [5.41, 5.74) is 1.49. The van der Waals surface area contributed by atoms with Crippen LogP contribution in [0.1, 0.15) is 17.2 Å². The Balaban J connectivity index is 1.91. The molecule has 0 heterocycles. The first-order valence-corrected chi connectivity index (χ1v) is 10.7. The van der Waals surface area contributed by atoms with E-state index in [1.807, 2.05) is 60.7 Å². The summed E-state index contributed by atoms with van der Waals surface area (Å²) in [6, 6.07) is 24.6. The van der Waals surface area contributed by atoms with Crippen molar-refractivity contribution in [3.05, 3.63) is 96.1 Å². The average Bonchev–Trinajstić information content (AvgIpc) is 2.87. The molecule has 3 rings (SSSR count). The van der Waals surface area contributed by atoms with Gasteiger partial charge < -0.3 is 24.8 Å².